The Hall–Kier alpha value is -2.40. The van der Waals surface area contributed by atoms with Gasteiger partial charge >= 0.3 is 0 Å². The molecule has 22 heavy (non-hydrogen) atoms. The summed E-state index contributed by atoms with van der Waals surface area (Å²) in [5, 5.41) is 16.2. The maximum absolute atomic E-state index is 5.98. The Morgan fingerprint density at radius 3 is 2.55 bits per heavy atom. The van der Waals surface area contributed by atoms with E-state index >= 15 is 0 Å². The Balaban J connectivity index is 1.72. The zero-order chi connectivity index (χ0) is 14.9. The highest BCUT2D eigenvalue weighted by molar-refractivity contribution is 6.30. The van der Waals surface area contributed by atoms with Crippen LogP contribution < -0.4 is 5.32 Å². The van der Waals surface area contributed by atoms with Crippen LogP contribution in [0.1, 0.15) is 29.6 Å². The summed E-state index contributed by atoms with van der Waals surface area (Å²) in [6.45, 7) is 0. The van der Waals surface area contributed by atoms with E-state index in [1.54, 1.807) is 0 Å². The van der Waals surface area contributed by atoms with Gasteiger partial charge in [-0.2, -0.15) is 0 Å². The molecule has 3 aromatic rings. The number of nitrogens with zero attached hydrogens (tertiary/aromatic N) is 4. The lowest BCUT2D eigenvalue weighted by atomic mass is 9.93. The molecule has 0 aliphatic carbocycles. The first-order chi connectivity index (χ1) is 10.8. The van der Waals surface area contributed by atoms with E-state index in [-0.39, 0.29) is 12.1 Å². The molecule has 5 nitrogen and oxygen atoms in total. The number of rotatable bonds is 2. The van der Waals surface area contributed by atoms with Crippen LogP contribution in [0.4, 0.5) is 5.95 Å². The monoisotopic (exact) mass is 311 g/mol. The fourth-order valence-electron chi connectivity index (χ4n) is 2.90. The average Bonchev–Trinajstić information content (AvgIpc) is 3.04. The predicted molar refractivity (Wildman–Crippen MR) is 84.8 cm³/mol. The minimum Gasteiger partial charge on any atom is -0.346 e. The van der Waals surface area contributed by atoms with E-state index in [4.69, 9.17) is 11.6 Å². The Bertz CT molecular complexity index is 769. The molecule has 2 heterocycles. The van der Waals surface area contributed by atoms with E-state index in [1.165, 1.54) is 11.1 Å². The van der Waals surface area contributed by atoms with Crippen LogP contribution in [0, 0.1) is 0 Å². The Labute approximate surface area is 132 Å². The number of hydrogen-bond acceptors (Lipinski definition) is 4. The minimum atomic E-state index is 0.119. The molecule has 1 aromatic heterocycles. The van der Waals surface area contributed by atoms with Crippen LogP contribution in [0.25, 0.3) is 0 Å². The third kappa shape index (κ3) is 2.33. The molecule has 110 valence electrons. The highest BCUT2D eigenvalue weighted by atomic mass is 35.5. The smallest absolute Gasteiger partial charge is 0.243 e. The van der Waals surface area contributed by atoms with Crippen LogP contribution in [0.15, 0.2) is 54.6 Å². The quantitative estimate of drug-likeness (QED) is 0.787. The number of halogens is 1. The molecule has 6 heteroatoms. The van der Waals surface area contributed by atoms with Crippen molar-refractivity contribution in [3.63, 3.8) is 0 Å². The molecule has 0 bridgehead atoms. The molecule has 0 saturated heterocycles. The summed E-state index contributed by atoms with van der Waals surface area (Å²) < 4.78 is 1.85. The van der Waals surface area contributed by atoms with E-state index in [1.807, 2.05) is 47.1 Å². The van der Waals surface area contributed by atoms with Crippen molar-refractivity contribution in [2.45, 2.75) is 18.5 Å². The lowest BCUT2D eigenvalue weighted by Crippen LogP contribution is -2.28. The van der Waals surface area contributed by atoms with Gasteiger partial charge in [0.2, 0.25) is 5.95 Å². The van der Waals surface area contributed by atoms with Crippen molar-refractivity contribution >= 4 is 17.5 Å². The van der Waals surface area contributed by atoms with Gasteiger partial charge in [-0.25, -0.2) is 4.68 Å². The van der Waals surface area contributed by atoms with Crippen LogP contribution in [-0.4, -0.2) is 20.2 Å². The molecule has 0 amide bonds. The Morgan fingerprint density at radius 1 is 1.00 bits per heavy atom. The summed E-state index contributed by atoms with van der Waals surface area (Å²) >= 11 is 5.98. The normalized spacial score (nSPS) is 20.2. The first kappa shape index (κ1) is 13.3. The zero-order valence-corrected chi connectivity index (χ0v) is 12.5. The standard InChI is InChI=1S/C16H14ClN5/c17-13-8-6-11(7-9-13)14-10-15(12-4-2-1-3-5-12)22-16(18-14)19-20-21-22/h1-9,14-15H,10H2,(H,18,19,21). The van der Waals surface area contributed by atoms with Gasteiger partial charge in [-0.3, -0.25) is 0 Å². The highest BCUT2D eigenvalue weighted by Gasteiger charge is 2.30. The molecule has 2 aromatic carbocycles. The van der Waals surface area contributed by atoms with Crippen molar-refractivity contribution in [2.24, 2.45) is 0 Å². The van der Waals surface area contributed by atoms with E-state index in [0.717, 1.165) is 11.4 Å². The van der Waals surface area contributed by atoms with E-state index < -0.39 is 0 Å². The van der Waals surface area contributed by atoms with Crippen molar-refractivity contribution in [1.29, 1.82) is 0 Å². The van der Waals surface area contributed by atoms with Gasteiger partial charge in [0.1, 0.15) is 0 Å². The Morgan fingerprint density at radius 2 is 1.77 bits per heavy atom. The Kier molecular flexibility index (Phi) is 3.27. The number of hydrogen-bond donors (Lipinski definition) is 1. The van der Waals surface area contributed by atoms with Crippen LogP contribution in [-0.2, 0) is 0 Å². The topological polar surface area (TPSA) is 55.6 Å². The molecule has 4 rings (SSSR count). The van der Waals surface area contributed by atoms with Crippen molar-refractivity contribution in [2.75, 3.05) is 5.32 Å². The van der Waals surface area contributed by atoms with Crippen LogP contribution in [0.5, 0.6) is 0 Å². The maximum atomic E-state index is 5.98. The second kappa shape index (κ2) is 5.42. The van der Waals surface area contributed by atoms with Crippen LogP contribution in [0.3, 0.4) is 0 Å². The molecule has 1 N–H and O–H groups in total. The van der Waals surface area contributed by atoms with Crippen molar-refractivity contribution in [3.05, 3.63) is 70.7 Å². The van der Waals surface area contributed by atoms with Gasteiger partial charge in [0.15, 0.2) is 0 Å². The fraction of sp³-hybridized carbons (Fsp3) is 0.188. The number of fused-ring (bicyclic) bond motifs is 1. The molecule has 2 unspecified atom stereocenters. The second-order valence-electron chi connectivity index (χ2n) is 5.36. The van der Waals surface area contributed by atoms with E-state index in [9.17, 15) is 0 Å². The summed E-state index contributed by atoms with van der Waals surface area (Å²) in [6, 6.07) is 18.5. The largest absolute Gasteiger partial charge is 0.346 e. The fourth-order valence-corrected chi connectivity index (χ4v) is 3.03. The minimum absolute atomic E-state index is 0.119. The molecule has 2 atom stereocenters. The summed E-state index contributed by atoms with van der Waals surface area (Å²) in [5.74, 6) is 0.694. The lowest BCUT2D eigenvalue weighted by Gasteiger charge is -2.31. The molecular weight excluding hydrogens is 298 g/mol. The van der Waals surface area contributed by atoms with Gasteiger partial charge < -0.3 is 5.32 Å². The van der Waals surface area contributed by atoms with Gasteiger partial charge in [0, 0.05) is 5.02 Å². The first-order valence-corrected chi connectivity index (χ1v) is 7.54. The molecule has 0 spiro atoms. The summed E-state index contributed by atoms with van der Waals surface area (Å²) in [6.07, 6.45) is 0.879. The summed E-state index contributed by atoms with van der Waals surface area (Å²) in [7, 11) is 0. The van der Waals surface area contributed by atoms with Crippen molar-refractivity contribution < 1.29 is 0 Å². The maximum Gasteiger partial charge on any atom is 0.243 e. The predicted octanol–water partition coefficient (Wildman–Crippen LogP) is 3.47. The third-order valence-corrected chi connectivity index (χ3v) is 4.26. The van der Waals surface area contributed by atoms with Crippen molar-refractivity contribution in [1.82, 2.24) is 20.2 Å². The van der Waals surface area contributed by atoms with Gasteiger partial charge in [-0.1, -0.05) is 59.2 Å². The molecule has 0 saturated carbocycles. The molecular formula is C16H14ClN5. The number of benzene rings is 2. The molecule has 1 aliphatic heterocycles. The first-order valence-electron chi connectivity index (χ1n) is 7.16. The van der Waals surface area contributed by atoms with Gasteiger partial charge in [-0.15, -0.1) is 0 Å². The summed E-state index contributed by atoms with van der Waals surface area (Å²) in [5.41, 5.74) is 2.39. The van der Waals surface area contributed by atoms with Crippen LogP contribution >= 0.6 is 11.6 Å². The number of anilines is 1. The number of aromatic nitrogens is 4. The van der Waals surface area contributed by atoms with Gasteiger partial charge in [-0.05, 0) is 40.1 Å². The van der Waals surface area contributed by atoms with Crippen LogP contribution in [0.2, 0.25) is 5.02 Å². The van der Waals surface area contributed by atoms with Gasteiger partial charge in [0.25, 0.3) is 0 Å². The summed E-state index contributed by atoms with van der Waals surface area (Å²) in [4.78, 5) is 0. The molecule has 0 fully saturated rings. The van der Waals surface area contributed by atoms with Gasteiger partial charge in [0.05, 0.1) is 12.1 Å². The average molecular weight is 312 g/mol. The lowest BCUT2D eigenvalue weighted by molar-refractivity contribution is 0.424. The third-order valence-electron chi connectivity index (χ3n) is 4.01. The number of tetrazole rings is 1. The number of nitrogens with one attached hydrogen (secondary N) is 1. The molecule has 0 radical (unpaired) electrons. The SMILES string of the molecule is Clc1ccc(C2CC(c3ccccc3)n3nnnc3N2)cc1. The van der Waals surface area contributed by atoms with E-state index in [0.29, 0.717) is 5.95 Å². The van der Waals surface area contributed by atoms with Crippen molar-refractivity contribution in [3.8, 4) is 0 Å². The zero-order valence-electron chi connectivity index (χ0n) is 11.7. The van der Waals surface area contributed by atoms with E-state index in [2.05, 4.69) is 33.0 Å². The second-order valence-corrected chi connectivity index (χ2v) is 5.79. The molecule has 1 aliphatic rings. The highest BCUT2D eigenvalue weighted by Crippen LogP contribution is 2.36.